The van der Waals surface area contributed by atoms with Crippen molar-refractivity contribution in [2.45, 2.75) is 59.1 Å². The minimum Gasteiger partial charge on any atom is -0.462 e. The molecule has 1 aromatic carbocycles. The van der Waals surface area contributed by atoms with Crippen molar-refractivity contribution in [2.75, 3.05) is 6.61 Å². The van der Waals surface area contributed by atoms with E-state index in [1.54, 1.807) is 31.6 Å². The standard InChI is InChI=1S/C25H34N5O7P/c1-6-21(34-16-30-12-11-23(31)27-25(30)33)15-35-38(28-18(4)24(32)36-17(2)3)37-22-9-7-19(8-10-22)20-13-26-29(5)14-20/h7-14,17-18,21,28H,6,15-16H2,1-5H3,(H,27,31,33)/t18-,21?,38?/m0/s1. The van der Waals surface area contributed by atoms with Crippen molar-refractivity contribution in [1.29, 1.82) is 0 Å². The highest BCUT2D eigenvalue weighted by molar-refractivity contribution is 7.45. The summed E-state index contributed by atoms with van der Waals surface area (Å²) < 4.78 is 26.2. The molecule has 13 heteroatoms. The highest BCUT2D eigenvalue weighted by Crippen LogP contribution is 2.37. The van der Waals surface area contributed by atoms with Crippen molar-refractivity contribution >= 4 is 14.5 Å². The van der Waals surface area contributed by atoms with Gasteiger partial charge in [0.1, 0.15) is 18.5 Å². The van der Waals surface area contributed by atoms with Gasteiger partial charge < -0.3 is 18.5 Å². The van der Waals surface area contributed by atoms with Crippen LogP contribution < -0.4 is 20.9 Å². The van der Waals surface area contributed by atoms with Crippen molar-refractivity contribution in [3.63, 3.8) is 0 Å². The van der Waals surface area contributed by atoms with Gasteiger partial charge in [0.05, 0.1) is 25.0 Å². The predicted molar refractivity (Wildman–Crippen MR) is 142 cm³/mol. The zero-order chi connectivity index (χ0) is 27.7. The van der Waals surface area contributed by atoms with Gasteiger partial charge in [-0.2, -0.15) is 5.10 Å². The molecule has 0 saturated carbocycles. The lowest BCUT2D eigenvalue weighted by atomic mass is 10.1. The maximum absolute atomic E-state index is 12.4. The fourth-order valence-corrected chi connectivity index (χ4v) is 4.39. The van der Waals surface area contributed by atoms with Crippen molar-refractivity contribution in [2.24, 2.45) is 7.05 Å². The quantitative estimate of drug-likeness (QED) is 0.230. The number of hydrogen-bond donors (Lipinski definition) is 2. The molecule has 2 heterocycles. The number of H-pyrrole nitrogens is 1. The molecule has 2 unspecified atom stereocenters. The molecule has 0 aliphatic rings. The van der Waals surface area contributed by atoms with Gasteiger partial charge in [-0.1, -0.05) is 19.1 Å². The SMILES string of the molecule is CCC(COP(N[C@@H](C)C(=O)OC(C)C)Oc1ccc(-c2cnn(C)c2)cc1)OCn1ccc(=O)[nH]c1=O. The Morgan fingerprint density at radius 1 is 1.13 bits per heavy atom. The third kappa shape index (κ3) is 8.91. The lowest BCUT2D eigenvalue weighted by Gasteiger charge is -2.24. The summed E-state index contributed by atoms with van der Waals surface area (Å²) in [5, 5.41) is 7.26. The number of aromatic amines is 1. The lowest BCUT2D eigenvalue weighted by Crippen LogP contribution is -2.35. The van der Waals surface area contributed by atoms with Gasteiger partial charge in [-0.05, 0) is 44.9 Å². The van der Waals surface area contributed by atoms with E-state index in [4.69, 9.17) is 18.5 Å². The Morgan fingerprint density at radius 2 is 1.87 bits per heavy atom. The number of nitrogens with one attached hydrogen (secondary N) is 2. The van der Waals surface area contributed by atoms with Gasteiger partial charge in [-0.3, -0.25) is 23.8 Å². The summed E-state index contributed by atoms with van der Waals surface area (Å²) in [6, 6.07) is 8.02. The van der Waals surface area contributed by atoms with Crippen LogP contribution in [0.4, 0.5) is 0 Å². The summed E-state index contributed by atoms with van der Waals surface area (Å²) >= 11 is 0. The Morgan fingerprint density at radius 3 is 2.47 bits per heavy atom. The van der Waals surface area contributed by atoms with Gasteiger partial charge in [0.15, 0.2) is 0 Å². The van der Waals surface area contributed by atoms with Crippen LogP contribution in [-0.4, -0.2) is 50.2 Å². The molecule has 2 aromatic heterocycles. The zero-order valence-corrected chi connectivity index (χ0v) is 23.0. The topological polar surface area (TPSA) is 139 Å². The van der Waals surface area contributed by atoms with Crippen LogP contribution in [-0.2, 0) is 32.6 Å². The molecule has 0 radical (unpaired) electrons. The van der Waals surface area contributed by atoms with Crippen LogP contribution in [0.3, 0.4) is 0 Å². The molecule has 206 valence electrons. The number of carbonyl (C=O) groups is 1. The molecule has 3 aromatic rings. The summed E-state index contributed by atoms with van der Waals surface area (Å²) in [5.41, 5.74) is 0.918. The smallest absolute Gasteiger partial charge is 0.330 e. The minimum atomic E-state index is -1.77. The average Bonchev–Trinajstić information content (AvgIpc) is 3.31. The summed E-state index contributed by atoms with van der Waals surface area (Å²) in [7, 11) is 0.0854. The molecule has 0 saturated heterocycles. The zero-order valence-electron chi connectivity index (χ0n) is 22.1. The van der Waals surface area contributed by atoms with E-state index in [0.29, 0.717) is 12.2 Å². The number of ether oxygens (including phenoxy) is 2. The van der Waals surface area contributed by atoms with Gasteiger partial charge in [-0.15, -0.1) is 0 Å². The van der Waals surface area contributed by atoms with Crippen LogP contribution in [0.2, 0.25) is 0 Å². The first-order valence-corrected chi connectivity index (χ1v) is 13.4. The first kappa shape index (κ1) is 29.2. The molecule has 0 bridgehead atoms. The van der Waals surface area contributed by atoms with E-state index < -0.39 is 31.8 Å². The molecule has 3 atom stereocenters. The first-order chi connectivity index (χ1) is 18.1. The fourth-order valence-electron chi connectivity index (χ4n) is 3.18. The van der Waals surface area contributed by atoms with Crippen molar-refractivity contribution in [3.8, 4) is 16.9 Å². The van der Waals surface area contributed by atoms with Gasteiger partial charge in [0.25, 0.3) is 5.56 Å². The van der Waals surface area contributed by atoms with Crippen LogP contribution in [0.1, 0.15) is 34.1 Å². The van der Waals surface area contributed by atoms with E-state index in [1.165, 1.54) is 16.8 Å². The summed E-state index contributed by atoms with van der Waals surface area (Å²) in [4.78, 5) is 37.7. The molecule has 38 heavy (non-hydrogen) atoms. The molecule has 0 amide bonds. The van der Waals surface area contributed by atoms with Crippen LogP contribution >= 0.6 is 8.53 Å². The number of aryl methyl sites for hydroxylation is 1. The van der Waals surface area contributed by atoms with Crippen LogP contribution in [0.15, 0.2) is 58.5 Å². The second kappa shape index (κ2) is 14.0. The van der Waals surface area contributed by atoms with E-state index >= 15 is 0 Å². The summed E-state index contributed by atoms with van der Waals surface area (Å²) in [6.45, 7) is 7.22. The van der Waals surface area contributed by atoms with Crippen LogP contribution in [0, 0.1) is 0 Å². The molecule has 2 N–H and O–H groups in total. The average molecular weight is 548 g/mol. The Hall–Kier alpha value is -3.31. The molecular weight excluding hydrogens is 513 g/mol. The van der Waals surface area contributed by atoms with E-state index in [9.17, 15) is 14.4 Å². The first-order valence-electron chi connectivity index (χ1n) is 12.2. The maximum Gasteiger partial charge on any atom is 0.330 e. The number of benzene rings is 1. The van der Waals surface area contributed by atoms with Crippen molar-refractivity contribution < 1.29 is 23.3 Å². The number of aromatic nitrogens is 4. The molecular formula is C25H34N5O7P. The summed E-state index contributed by atoms with van der Waals surface area (Å²) in [5.74, 6) is 0.127. The minimum absolute atomic E-state index is 0.0589. The van der Waals surface area contributed by atoms with Crippen molar-refractivity contribution in [3.05, 3.63) is 69.8 Å². The normalized spacial score (nSPS) is 13.7. The van der Waals surface area contributed by atoms with E-state index in [1.807, 2.05) is 44.4 Å². The second-order valence-corrected chi connectivity index (χ2v) is 10.0. The predicted octanol–water partition coefficient (Wildman–Crippen LogP) is 2.94. The van der Waals surface area contributed by atoms with Gasteiger partial charge in [0.2, 0.25) is 0 Å². The van der Waals surface area contributed by atoms with Crippen LogP contribution in [0.25, 0.3) is 11.1 Å². The van der Waals surface area contributed by atoms with Crippen LogP contribution in [0.5, 0.6) is 5.75 Å². The number of esters is 1. The van der Waals surface area contributed by atoms with Gasteiger partial charge in [-0.25, -0.2) is 9.88 Å². The Balaban J connectivity index is 1.66. The van der Waals surface area contributed by atoms with Gasteiger partial charge >= 0.3 is 20.2 Å². The monoisotopic (exact) mass is 547 g/mol. The van der Waals surface area contributed by atoms with E-state index in [2.05, 4.69) is 15.2 Å². The van der Waals surface area contributed by atoms with E-state index in [-0.39, 0.29) is 25.5 Å². The van der Waals surface area contributed by atoms with E-state index in [0.717, 1.165) is 11.1 Å². The van der Waals surface area contributed by atoms with Gasteiger partial charge in [0, 0.05) is 31.1 Å². The molecule has 0 spiro atoms. The molecule has 12 nitrogen and oxygen atoms in total. The lowest BCUT2D eigenvalue weighted by molar-refractivity contribution is -0.149. The number of nitrogens with zero attached hydrogens (tertiary/aromatic N) is 3. The highest BCUT2D eigenvalue weighted by Gasteiger charge is 2.24. The Bertz CT molecular complexity index is 1290. The number of carbonyl (C=O) groups excluding carboxylic acids is 1. The molecule has 0 aliphatic heterocycles. The molecule has 0 fully saturated rings. The number of hydrogen-bond acceptors (Lipinski definition) is 9. The fraction of sp³-hybridized carbons (Fsp3) is 0.440. The highest BCUT2D eigenvalue weighted by atomic mass is 31.2. The van der Waals surface area contributed by atoms with Crippen molar-refractivity contribution in [1.82, 2.24) is 24.4 Å². The number of rotatable bonds is 14. The molecule has 0 aliphatic carbocycles. The Labute approximate surface area is 221 Å². The maximum atomic E-state index is 12.4. The third-order valence-corrected chi connectivity index (χ3v) is 6.62. The largest absolute Gasteiger partial charge is 0.462 e. The Kier molecular flexibility index (Phi) is 10.8. The third-order valence-electron chi connectivity index (χ3n) is 5.26. The molecule has 3 rings (SSSR count). The summed E-state index contributed by atoms with van der Waals surface area (Å²) in [6.07, 6.45) is 5.02. The second-order valence-electron chi connectivity index (χ2n) is 8.81.